The zero-order chi connectivity index (χ0) is 18.2. The van der Waals surface area contributed by atoms with Crippen LogP contribution in [0, 0.1) is 0 Å². The normalized spacial score (nSPS) is 14.6. The van der Waals surface area contributed by atoms with E-state index in [2.05, 4.69) is 5.32 Å². The van der Waals surface area contributed by atoms with Crippen molar-refractivity contribution in [1.29, 1.82) is 0 Å². The van der Waals surface area contributed by atoms with Crippen molar-refractivity contribution < 1.29 is 19.1 Å². The van der Waals surface area contributed by atoms with Crippen molar-refractivity contribution >= 4 is 23.5 Å². The van der Waals surface area contributed by atoms with Gasteiger partial charge in [0.25, 0.3) is 0 Å². The summed E-state index contributed by atoms with van der Waals surface area (Å²) in [5.74, 6) is -0.788. The number of hydrogen-bond donors (Lipinski definition) is 1. The quantitative estimate of drug-likeness (QED) is 0.804. The number of methoxy groups -OCH3 is 1. The summed E-state index contributed by atoms with van der Waals surface area (Å²) in [6.45, 7) is 1.65. The number of hydrogen-bond acceptors (Lipinski definition) is 4. The fourth-order valence-corrected chi connectivity index (χ4v) is 3.20. The minimum absolute atomic E-state index is 0.0614. The molecule has 1 saturated carbocycles. The van der Waals surface area contributed by atoms with Crippen LogP contribution in [0.1, 0.15) is 55.8 Å². The Bertz CT molecular complexity index is 624. The van der Waals surface area contributed by atoms with E-state index < -0.39 is 5.97 Å². The first-order chi connectivity index (χ1) is 12.0. The van der Waals surface area contributed by atoms with Crippen LogP contribution < -0.4 is 10.2 Å². The Morgan fingerprint density at radius 2 is 1.84 bits per heavy atom. The number of esters is 1. The number of carbonyl (C=O) groups is 3. The van der Waals surface area contributed by atoms with Crippen LogP contribution in [-0.4, -0.2) is 37.5 Å². The van der Waals surface area contributed by atoms with Gasteiger partial charge in [0.1, 0.15) is 0 Å². The lowest BCUT2D eigenvalue weighted by Gasteiger charge is -2.25. The molecule has 0 saturated heterocycles. The maximum absolute atomic E-state index is 12.2. The smallest absolute Gasteiger partial charge is 0.339 e. The van der Waals surface area contributed by atoms with Crippen LogP contribution in [0.3, 0.4) is 0 Å². The van der Waals surface area contributed by atoms with Crippen molar-refractivity contribution in [2.45, 2.75) is 51.5 Å². The van der Waals surface area contributed by atoms with Gasteiger partial charge in [0, 0.05) is 25.9 Å². The monoisotopic (exact) mass is 346 g/mol. The van der Waals surface area contributed by atoms with Gasteiger partial charge in [0.2, 0.25) is 11.8 Å². The number of anilines is 1. The molecule has 0 aliphatic heterocycles. The van der Waals surface area contributed by atoms with Crippen LogP contribution >= 0.6 is 0 Å². The predicted molar refractivity (Wildman–Crippen MR) is 95.4 cm³/mol. The molecule has 136 valence electrons. The lowest BCUT2D eigenvalue weighted by Crippen LogP contribution is -2.39. The van der Waals surface area contributed by atoms with Crippen LogP contribution in [0.25, 0.3) is 0 Å². The Hall–Kier alpha value is -2.37. The molecule has 1 aromatic rings. The average Bonchev–Trinajstić information content (AvgIpc) is 2.62. The summed E-state index contributed by atoms with van der Waals surface area (Å²) in [4.78, 5) is 37.6. The minimum atomic E-state index is -0.506. The predicted octanol–water partition coefficient (Wildman–Crippen LogP) is 2.67. The van der Waals surface area contributed by atoms with Crippen LogP contribution in [0.5, 0.6) is 0 Å². The molecule has 2 amide bonds. The molecule has 6 heteroatoms. The van der Waals surface area contributed by atoms with Crippen molar-refractivity contribution in [2.75, 3.05) is 18.6 Å². The maximum atomic E-state index is 12.2. The van der Waals surface area contributed by atoms with Gasteiger partial charge in [0.15, 0.2) is 0 Å². The lowest BCUT2D eigenvalue weighted by molar-refractivity contribution is -0.121. The first kappa shape index (κ1) is 19.0. The molecule has 1 fully saturated rings. The second-order valence-corrected chi connectivity index (χ2v) is 6.33. The highest BCUT2D eigenvalue weighted by molar-refractivity contribution is 6.02. The van der Waals surface area contributed by atoms with Gasteiger partial charge in [0.05, 0.1) is 18.4 Å². The molecule has 1 aliphatic rings. The van der Waals surface area contributed by atoms with Crippen molar-refractivity contribution in [3.63, 3.8) is 0 Å². The number of para-hydroxylation sites is 1. The highest BCUT2D eigenvalue weighted by Gasteiger charge is 2.21. The highest BCUT2D eigenvalue weighted by atomic mass is 16.5. The van der Waals surface area contributed by atoms with E-state index in [-0.39, 0.29) is 30.8 Å². The molecule has 1 N–H and O–H groups in total. The van der Waals surface area contributed by atoms with E-state index in [1.807, 2.05) is 0 Å². The number of nitrogens with zero attached hydrogens (tertiary/aromatic N) is 1. The van der Waals surface area contributed by atoms with Gasteiger partial charge in [-0.1, -0.05) is 31.4 Å². The van der Waals surface area contributed by atoms with Gasteiger partial charge in [-0.15, -0.1) is 0 Å². The standard InChI is InChI=1S/C19H26N2O4/c1-14(22)21(17-11-7-6-10-16(17)19(24)25-2)13-12-18(23)20-15-8-4-3-5-9-15/h6-7,10-11,15H,3-5,8-9,12-13H2,1-2H3,(H,20,23). The lowest BCUT2D eigenvalue weighted by atomic mass is 9.95. The Balaban J connectivity index is 2.03. The molecular weight excluding hydrogens is 320 g/mol. The molecule has 25 heavy (non-hydrogen) atoms. The average molecular weight is 346 g/mol. The van der Waals surface area contributed by atoms with E-state index in [4.69, 9.17) is 4.74 Å². The van der Waals surface area contributed by atoms with Gasteiger partial charge in [-0.05, 0) is 25.0 Å². The van der Waals surface area contributed by atoms with Crippen LogP contribution in [0.4, 0.5) is 5.69 Å². The number of rotatable bonds is 6. The SMILES string of the molecule is COC(=O)c1ccccc1N(CCC(=O)NC1CCCCC1)C(C)=O. The van der Waals surface area contributed by atoms with Crippen molar-refractivity contribution in [2.24, 2.45) is 0 Å². The van der Waals surface area contributed by atoms with Crippen LogP contribution in [0.2, 0.25) is 0 Å². The summed E-state index contributed by atoms with van der Waals surface area (Å²) in [7, 11) is 1.30. The van der Waals surface area contributed by atoms with Gasteiger partial charge >= 0.3 is 5.97 Å². The Morgan fingerprint density at radius 3 is 2.48 bits per heavy atom. The van der Waals surface area contributed by atoms with E-state index in [9.17, 15) is 14.4 Å². The van der Waals surface area contributed by atoms with E-state index in [1.165, 1.54) is 25.4 Å². The third-order valence-electron chi connectivity index (χ3n) is 4.51. The van der Waals surface area contributed by atoms with E-state index >= 15 is 0 Å². The fraction of sp³-hybridized carbons (Fsp3) is 0.526. The molecule has 2 rings (SSSR count). The summed E-state index contributed by atoms with van der Waals surface area (Å²) in [6, 6.07) is 7.00. The third-order valence-corrected chi connectivity index (χ3v) is 4.51. The number of carbonyl (C=O) groups excluding carboxylic acids is 3. The van der Waals surface area contributed by atoms with E-state index in [0.29, 0.717) is 11.3 Å². The Kier molecular flexibility index (Phi) is 6.98. The molecule has 0 atom stereocenters. The summed E-state index contributed by atoms with van der Waals surface area (Å²) in [5.41, 5.74) is 0.778. The second-order valence-electron chi connectivity index (χ2n) is 6.33. The van der Waals surface area contributed by atoms with Crippen molar-refractivity contribution in [3.8, 4) is 0 Å². The van der Waals surface area contributed by atoms with Gasteiger partial charge in [-0.25, -0.2) is 4.79 Å². The summed E-state index contributed by atoms with van der Waals surface area (Å²) in [5, 5.41) is 3.04. The summed E-state index contributed by atoms with van der Waals surface area (Å²) in [6.07, 6.45) is 5.77. The van der Waals surface area contributed by atoms with Crippen LogP contribution in [0.15, 0.2) is 24.3 Å². The van der Waals surface area contributed by atoms with E-state index in [1.54, 1.807) is 24.3 Å². The third kappa shape index (κ3) is 5.31. The summed E-state index contributed by atoms with van der Waals surface area (Å²) < 4.78 is 4.78. The maximum Gasteiger partial charge on any atom is 0.339 e. The zero-order valence-electron chi connectivity index (χ0n) is 14.9. The highest BCUT2D eigenvalue weighted by Crippen LogP contribution is 2.22. The van der Waals surface area contributed by atoms with Gasteiger partial charge in [-0.2, -0.15) is 0 Å². The van der Waals surface area contributed by atoms with Crippen molar-refractivity contribution in [3.05, 3.63) is 29.8 Å². The van der Waals surface area contributed by atoms with Crippen molar-refractivity contribution in [1.82, 2.24) is 5.32 Å². The first-order valence-electron chi connectivity index (χ1n) is 8.77. The number of benzene rings is 1. The topological polar surface area (TPSA) is 75.7 Å². The van der Waals surface area contributed by atoms with Gasteiger partial charge < -0.3 is 15.0 Å². The first-order valence-corrected chi connectivity index (χ1v) is 8.77. The second kappa shape index (κ2) is 9.20. The molecule has 1 aliphatic carbocycles. The number of amides is 2. The van der Waals surface area contributed by atoms with E-state index in [0.717, 1.165) is 25.7 Å². The number of ether oxygens (including phenoxy) is 1. The molecule has 0 radical (unpaired) electrons. The Labute approximate surface area is 148 Å². The molecule has 6 nitrogen and oxygen atoms in total. The Morgan fingerprint density at radius 1 is 1.16 bits per heavy atom. The molecule has 0 heterocycles. The fourth-order valence-electron chi connectivity index (χ4n) is 3.20. The summed E-state index contributed by atoms with van der Waals surface area (Å²) >= 11 is 0. The molecule has 1 aromatic carbocycles. The molecule has 0 spiro atoms. The number of nitrogens with one attached hydrogen (secondary N) is 1. The molecular formula is C19H26N2O4. The van der Waals surface area contributed by atoms with Crippen LogP contribution in [-0.2, 0) is 14.3 Å². The van der Waals surface area contributed by atoms with Gasteiger partial charge in [-0.3, -0.25) is 9.59 Å². The molecule has 0 bridgehead atoms. The largest absolute Gasteiger partial charge is 0.465 e. The zero-order valence-corrected chi connectivity index (χ0v) is 14.9. The minimum Gasteiger partial charge on any atom is -0.465 e. The molecule has 0 unspecified atom stereocenters. The molecule has 0 aromatic heterocycles.